The number of rotatable bonds is 4. The largest absolute Gasteiger partial charge is 0.368 e. The first-order chi connectivity index (χ1) is 13.7. The molecule has 1 aliphatic rings. The topological polar surface area (TPSA) is 59.6 Å². The Morgan fingerprint density at radius 1 is 1.18 bits per heavy atom. The number of hydrogen-bond donors (Lipinski definition) is 2. The van der Waals surface area contributed by atoms with E-state index in [0.717, 1.165) is 56.4 Å². The van der Waals surface area contributed by atoms with Gasteiger partial charge in [0.25, 0.3) is 0 Å². The molecule has 3 aromatic rings. The van der Waals surface area contributed by atoms with Crippen LogP contribution in [0.1, 0.15) is 5.56 Å². The van der Waals surface area contributed by atoms with E-state index in [2.05, 4.69) is 36.1 Å². The molecule has 146 valence electrons. The van der Waals surface area contributed by atoms with Gasteiger partial charge in [-0.3, -0.25) is 4.99 Å². The SMILES string of the molecule is CN=C(NCCc1c[nH]c2ncccc12)N1CCN(c2ccc(F)cc2)CC1. The molecule has 0 unspecified atom stereocenters. The molecule has 0 radical (unpaired) electrons. The Labute approximate surface area is 164 Å². The average molecular weight is 380 g/mol. The predicted molar refractivity (Wildman–Crippen MR) is 111 cm³/mol. The number of hydrogen-bond acceptors (Lipinski definition) is 3. The van der Waals surface area contributed by atoms with Gasteiger partial charge in [-0.25, -0.2) is 9.37 Å². The lowest BCUT2D eigenvalue weighted by atomic mass is 10.1. The van der Waals surface area contributed by atoms with Crippen LogP contribution >= 0.6 is 0 Å². The molecule has 1 fully saturated rings. The molecule has 0 aliphatic carbocycles. The summed E-state index contributed by atoms with van der Waals surface area (Å²) in [5, 5.41) is 4.65. The maximum Gasteiger partial charge on any atom is 0.193 e. The summed E-state index contributed by atoms with van der Waals surface area (Å²) in [6.07, 6.45) is 4.73. The minimum absolute atomic E-state index is 0.196. The van der Waals surface area contributed by atoms with E-state index in [9.17, 15) is 4.39 Å². The standard InChI is InChI=1S/C21H25FN6/c1-23-21(25-10-8-16-15-26-20-19(16)3-2-9-24-20)28-13-11-27(12-14-28)18-6-4-17(22)5-7-18/h2-7,9,15H,8,10-14H2,1H3,(H,23,25)(H,24,26). The number of nitrogens with one attached hydrogen (secondary N) is 2. The zero-order valence-corrected chi connectivity index (χ0v) is 16.0. The molecule has 0 bridgehead atoms. The van der Waals surface area contributed by atoms with Crippen LogP contribution in [0.15, 0.2) is 53.8 Å². The van der Waals surface area contributed by atoms with Crippen molar-refractivity contribution >= 4 is 22.7 Å². The Morgan fingerprint density at radius 2 is 1.96 bits per heavy atom. The Bertz CT molecular complexity index is 941. The molecule has 2 aromatic heterocycles. The van der Waals surface area contributed by atoms with Gasteiger partial charge >= 0.3 is 0 Å². The fourth-order valence-corrected chi connectivity index (χ4v) is 3.69. The summed E-state index contributed by atoms with van der Waals surface area (Å²) >= 11 is 0. The number of guanidine groups is 1. The molecule has 28 heavy (non-hydrogen) atoms. The summed E-state index contributed by atoms with van der Waals surface area (Å²) < 4.78 is 13.1. The number of piperazine rings is 1. The quantitative estimate of drug-likeness (QED) is 0.540. The number of halogens is 1. The van der Waals surface area contributed by atoms with E-state index in [1.54, 1.807) is 6.20 Å². The summed E-state index contributed by atoms with van der Waals surface area (Å²) in [7, 11) is 1.82. The molecular formula is C21H25FN6. The minimum atomic E-state index is -0.196. The Balaban J connectivity index is 1.29. The van der Waals surface area contributed by atoms with Gasteiger partial charge < -0.3 is 20.1 Å². The molecule has 0 amide bonds. The number of aromatic amines is 1. The highest BCUT2D eigenvalue weighted by Crippen LogP contribution is 2.17. The lowest BCUT2D eigenvalue weighted by molar-refractivity contribution is 0.373. The normalized spacial score (nSPS) is 15.3. The van der Waals surface area contributed by atoms with Crippen molar-refractivity contribution < 1.29 is 4.39 Å². The van der Waals surface area contributed by atoms with E-state index in [-0.39, 0.29) is 5.82 Å². The first-order valence-corrected chi connectivity index (χ1v) is 9.61. The first-order valence-electron chi connectivity index (χ1n) is 9.61. The fraction of sp³-hybridized carbons (Fsp3) is 0.333. The van der Waals surface area contributed by atoms with Gasteiger partial charge in [0.2, 0.25) is 0 Å². The Hall–Kier alpha value is -3.09. The molecule has 2 N–H and O–H groups in total. The average Bonchev–Trinajstić information content (AvgIpc) is 3.15. The van der Waals surface area contributed by atoms with Gasteiger partial charge in [-0.05, 0) is 48.4 Å². The van der Waals surface area contributed by atoms with Crippen molar-refractivity contribution in [3.63, 3.8) is 0 Å². The van der Waals surface area contributed by atoms with E-state index in [1.165, 1.54) is 23.1 Å². The monoisotopic (exact) mass is 380 g/mol. The molecule has 7 heteroatoms. The van der Waals surface area contributed by atoms with Crippen LogP contribution in [0.25, 0.3) is 11.0 Å². The molecule has 1 aromatic carbocycles. The van der Waals surface area contributed by atoms with Gasteiger partial charge in [-0.1, -0.05) is 0 Å². The van der Waals surface area contributed by atoms with E-state index in [4.69, 9.17) is 0 Å². The predicted octanol–water partition coefficient (Wildman–Crippen LogP) is 2.64. The van der Waals surface area contributed by atoms with Crippen molar-refractivity contribution in [1.29, 1.82) is 0 Å². The Kier molecular flexibility index (Phi) is 5.41. The highest BCUT2D eigenvalue weighted by molar-refractivity contribution is 5.81. The summed E-state index contributed by atoms with van der Waals surface area (Å²) in [5.74, 6) is 0.731. The zero-order valence-electron chi connectivity index (χ0n) is 16.0. The van der Waals surface area contributed by atoms with Crippen molar-refractivity contribution in [3.05, 3.63) is 60.2 Å². The van der Waals surface area contributed by atoms with Crippen LogP contribution in [0.4, 0.5) is 10.1 Å². The van der Waals surface area contributed by atoms with Crippen molar-refractivity contribution in [1.82, 2.24) is 20.2 Å². The second-order valence-corrected chi connectivity index (χ2v) is 6.89. The number of aromatic nitrogens is 2. The first kappa shape index (κ1) is 18.3. The van der Waals surface area contributed by atoms with Crippen LogP contribution in [0.3, 0.4) is 0 Å². The van der Waals surface area contributed by atoms with Crippen molar-refractivity contribution in [2.75, 3.05) is 44.7 Å². The van der Waals surface area contributed by atoms with E-state index in [1.807, 2.05) is 31.4 Å². The van der Waals surface area contributed by atoms with Crippen molar-refractivity contribution in [2.24, 2.45) is 4.99 Å². The lowest BCUT2D eigenvalue weighted by Gasteiger charge is -2.37. The second-order valence-electron chi connectivity index (χ2n) is 6.89. The third-order valence-corrected chi connectivity index (χ3v) is 5.20. The number of pyridine rings is 1. The van der Waals surface area contributed by atoms with Crippen LogP contribution < -0.4 is 10.2 Å². The lowest BCUT2D eigenvalue weighted by Crippen LogP contribution is -2.52. The van der Waals surface area contributed by atoms with E-state index in [0.29, 0.717) is 0 Å². The molecular weight excluding hydrogens is 355 g/mol. The number of nitrogens with zero attached hydrogens (tertiary/aromatic N) is 4. The number of H-pyrrole nitrogens is 1. The fourth-order valence-electron chi connectivity index (χ4n) is 3.69. The molecule has 4 rings (SSSR count). The van der Waals surface area contributed by atoms with Gasteiger partial charge in [0, 0.05) is 63.2 Å². The van der Waals surface area contributed by atoms with Crippen LogP contribution in [-0.4, -0.2) is 60.6 Å². The van der Waals surface area contributed by atoms with E-state index >= 15 is 0 Å². The van der Waals surface area contributed by atoms with Gasteiger partial charge in [-0.15, -0.1) is 0 Å². The summed E-state index contributed by atoms with van der Waals surface area (Å²) in [6.45, 7) is 4.36. The number of aliphatic imine (C=N–C) groups is 1. The summed E-state index contributed by atoms with van der Waals surface area (Å²) in [5.41, 5.74) is 3.25. The highest BCUT2D eigenvalue weighted by atomic mass is 19.1. The number of benzene rings is 1. The summed E-state index contributed by atoms with van der Waals surface area (Å²) in [4.78, 5) is 16.6. The van der Waals surface area contributed by atoms with Gasteiger partial charge in [0.1, 0.15) is 11.5 Å². The number of anilines is 1. The molecule has 1 saturated heterocycles. The van der Waals surface area contributed by atoms with Crippen molar-refractivity contribution in [2.45, 2.75) is 6.42 Å². The molecule has 6 nitrogen and oxygen atoms in total. The van der Waals surface area contributed by atoms with Crippen LogP contribution in [0.2, 0.25) is 0 Å². The highest BCUT2D eigenvalue weighted by Gasteiger charge is 2.19. The van der Waals surface area contributed by atoms with Crippen LogP contribution in [0.5, 0.6) is 0 Å². The maximum absolute atomic E-state index is 13.1. The van der Waals surface area contributed by atoms with Gasteiger partial charge in [-0.2, -0.15) is 0 Å². The van der Waals surface area contributed by atoms with E-state index < -0.39 is 0 Å². The molecule has 0 saturated carbocycles. The van der Waals surface area contributed by atoms with Crippen LogP contribution in [-0.2, 0) is 6.42 Å². The maximum atomic E-state index is 13.1. The van der Waals surface area contributed by atoms with Crippen molar-refractivity contribution in [3.8, 4) is 0 Å². The molecule has 0 atom stereocenters. The second kappa shape index (κ2) is 8.29. The third kappa shape index (κ3) is 3.93. The zero-order chi connectivity index (χ0) is 19.3. The smallest absolute Gasteiger partial charge is 0.193 e. The molecule has 0 spiro atoms. The Morgan fingerprint density at radius 3 is 2.71 bits per heavy atom. The van der Waals surface area contributed by atoms with Gasteiger partial charge in [0.05, 0.1) is 0 Å². The van der Waals surface area contributed by atoms with Gasteiger partial charge in [0.15, 0.2) is 5.96 Å². The minimum Gasteiger partial charge on any atom is -0.368 e. The molecule has 1 aliphatic heterocycles. The summed E-state index contributed by atoms with van der Waals surface area (Å²) in [6, 6.07) is 10.8. The molecule has 3 heterocycles. The third-order valence-electron chi connectivity index (χ3n) is 5.20. The van der Waals surface area contributed by atoms with Crippen LogP contribution in [0, 0.1) is 5.82 Å². The number of fused-ring (bicyclic) bond motifs is 1.